The van der Waals surface area contributed by atoms with Gasteiger partial charge in [-0.2, -0.15) is 0 Å². The highest BCUT2D eigenvalue weighted by Gasteiger charge is 2.28. The molecule has 3 heterocycles. The van der Waals surface area contributed by atoms with Crippen molar-refractivity contribution in [3.8, 4) is 0 Å². The van der Waals surface area contributed by atoms with Crippen LogP contribution in [0.2, 0.25) is 0 Å². The number of nitrogens with two attached hydrogens (primary N) is 1. The Morgan fingerprint density at radius 2 is 2.05 bits per heavy atom. The van der Waals surface area contributed by atoms with Gasteiger partial charge in [0.25, 0.3) is 0 Å². The van der Waals surface area contributed by atoms with Crippen LogP contribution >= 0.6 is 11.3 Å². The number of carbonyl (C=O) groups excluding carboxylic acids is 2. The fourth-order valence-corrected chi connectivity index (χ4v) is 6.42. The maximum absolute atomic E-state index is 13.3. The van der Waals surface area contributed by atoms with Gasteiger partial charge in [-0.15, -0.1) is 0 Å². The summed E-state index contributed by atoms with van der Waals surface area (Å²) < 4.78 is 3.43. The zero-order chi connectivity index (χ0) is 25.9. The minimum Gasteiger partial charge on any atom is -0.375 e. The molecule has 194 valence electrons. The van der Waals surface area contributed by atoms with Gasteiger partial charge in [-0.05, 0) is 60.4 Å². The molecule has 5 rings (SSSR count). The topological polar surface area (TPSA) is 93.2 Å². The lowest BCUT2D eigenvalue weighted by atomic mass is 9.92. The van der Waals surface area contributed by atoms with Crippen molar-refractivity contribution in [1.29, 1.82) is 0 Å². The Morgan fingerprint density at radius 3 is 2.89 bits per heavy atom. The number of hydrogen-bond donors (Lipinski definition) is 2. The van der Waals surface area contributed by atoms with Gasteiger partial charge in [0.2, 0.25) is 11.8 Å². The zero-order valence-electron chi connectivity index (χ0n) is 21.6. The van der Waals surface area contributed by atoms with Crippen molar-refractivity contribution in [2.45, 2.75) is 52.0 Å². The normalized spacial score (nSPS) is 16.8. The van der Waals surface area contributed by atoms with Crippen LogP contribution in [0.15, 0.2) is 48.5 Å². The van der Waals surface area contributed by atoms with Crippen molar-refractivity contribution < 1.29 is 9.59 Å². The first-order valence-electron chi connectivity index (χ1n) is 13.1. The van der Waals surface area contributed by atoms with Crippen LogP contribution in [-0.2, 0) is 22.6 Å². The Morgan fingerprint density at radius 1 is 1.22 bits per heavy atom. The number of benzene rings is 2. The van der Waals surface area contributed by atoms with E-state index in [0.29, 0.717) is 18.1 Å². The van der Waals surface area contributed by atoms with E-state index >= 15 is 0 Å². The number of rotatable bonds is 8. The predicted octanol–water partition coefficient (Wildman–Crippen LogP) is 4.94. The van der Waals surface area contributed by atoms with E-state index < -0.39 is 0 Å². The third-order valence-corrected chi connectivity index (χ3v) is 8.17. The minimum absolute atomic E-state index is 0.0160. The third kappa shape index (κ3) is 5.80. The number of amides is 2. The molecule has 4 aromatic rings. The molecule has 2 unspecified atom stereocenters. The first-order valence-corrected chi connectivity index (χ1v) is 13.9. The first-order chi connectivity index (χ1) is 17.9. The lowest BCUT2D eigenvalue weighted by molar-refractivity contribution is -0.133. The van der Waals surface area contributed by atoms with Crippen LogP contribution in [0.25, 0.3) is 21.1 Å². The van der Waals surface area contributed by atoms with Gasteiger partial charge in [-0.1, -0.05) is 42.5 Å². The molecular weight excluding hydrogens is 482 g/mol. The molecule has 1 fully saturated rings. The molecule has 2 aromatic carbocycles. The van der Waals surface area contributed by atoms with Gasteiger partial charge in [0.1, 0.15) is 0 Å². The van der Waals surface area contributed by atoms with Gasteiger partial charge in [-0.25, -0.2) is 4.98 Å². The summed E-state index contributed by atoms with van der Waals surface area (Å²) in [6.07, 6.45) is 3.46. The van der Waals surface area contributed by atoms with Crippen molar-refractivity contribution in [3.05, 3.63) is 59.8 Å². The molecule has 8 heteroatoms. The Hall–Kier alpha value is -3.39. The highest BCUT2D eigenvalue weighted by molar-refractivity contribution is 7.22. The monoisotopic (exact) mass is 517 g/mol. The molecule has 2 amide bonds. The van der Waals surface area contributed by atoms with Crippen LogP contribution in [0.5, 0.6) is 0 Å². The summed E-state index contributed by atoms with van der Waals surface area (Å²) in [5.41, 5.74) is 10.4. The number of nitrogen functional groups attached to an aromatic ring is 1. The lowest BCUT2D eigenvalue weighted by Gasteiger charge is -2.34. The van der Waals surface area contributed by atoms with Crippen molar-refractivity contribution in [2.75, 3.05) is 25.4 Å². The number of anilines is 1. The summed E-state index contributed by atoms with van der Waals surface area (Å²) in [5, 5.41) is 4.72. The average molecular weight is 518 g/mol. The molecule has 0 aliphatic carbocycles. The Bertz CT molecular complexity index is 1420. The minimum atomic E-state index is -0.0160. The SMILES string of the molecule is CC(=O)NCCn1c(C2CCCN(C(=O)CC(C)Cc3ccc4nc(N)sc4c3)C2)cc2ccccc21. The quantitative estimate of drug-likeness (QED) is 0.346. The largest absolute Gasteiger partial charge is 0.375 e. The molecule has 0 spiro atoms. The van der Waals surface area contributed by atoms with Gasteiger partial charge in [0.15, 0.2) is 5.13 Å². The summed E-state index contributed by atoms with van der Waals surface area (Å²) in [6, 6.07) is 16.9. The number of likely N-dealkylation sites (tertiary alicyclic amines) is 1. The first kappa shape index (κ1) is 25.3. The number of thiazole rings is 1. The summed E-state index contributed by atoms with van der Waals surface area (Å²) >= 11 is 1.51. The molecule has 37 heavy (non-hydrogen) atoms. The molecule has 1 saturated heterocycles. The van der Waals surface area contributed by atoms with E-state index in [2.05, 4.69) is 69.2 Å². The lowest BCUT2D eigenvalue weighted by Crippen LogP contribution is -2.40. The van der Waals surface area contributed by atoms with Gasteiger partial charge >= 0.3 is 0 Å². The van der Waals surface area contributed by atoms with Crippen LogP contribution in [0.1, 0.15) is 50.3 Å². The standard InChI is InChI=1S/C29H35N5O2S/c1-19(14-21-9-10-24-27(16-21)37-29(30)32-24)15-28(36)33-12-5-7-23(18-33)26-17-22-6-3-4-8-25(22)34(26)13-11-31-20(2)35/h3-4,6,8-10,16-17,19,23H,5,7,11-15,18H2,1-2H3,(H2,30,32)(H,31,35). The van der Waals surface area contributed by atoms with Gasteiger partial charge < -0.3 is 20.5 Å². The number of nitrogens with zero attached hydrogens (tertiary/aromatic N) is 3. The Kier molecular flexibility index (Phi) is 7.46. The second-order valence-corrected chi connectivity index (χ2v) is 11.4. The summed E-state index contributed by atoms with van der Waals surface area (Å²) in [4.78, 5) is 31.2. The second-order valence-electron chi connectivity index (χ2n) is 10.3. The summed E-state index contributed by atoms with van der Waals surface area (Å²) in [7, 11) is 0. The van der Waals surface area contributed by atoms with Crippen LogP contribution < -0.4 is 11.1 Å². The molecule has 0 bridgehead atoms. The van der Waals surface area contributed by atoms with Crippen LogP contribution in [0.4, 0.5) is 5.13 Å². The van der Waals surface area contributed by atoms with Crippen molar-refractivity contribution >= 4 is 49.4 Å². The number of hydrogen-bond acceptors (Lipinski definition) is 5. The third-order valence-electron chi connectivity index (χ3n) is 7.32. The fraction of sp³-hybridized carbons (Fsp3) is 0.414. The Balaban J connectivity index is 1.25. The van der Waals surface area contributed by atoms with Crippen molar-refractivity contribution in [2.24, 2.45) is 5.92 Å². The number of nitrogens with one attached hydrogen (secondary N) is 1. The maximum Gasteiger partial charge on any atom is 0.222 e. The van der Waals surface area contributed by atoms with E-state index in [0.717, 1.165) is 49.1 Å². The fourth-order valence-electron chi connectivity index (χ4n) is 5.62. The van der Waals surface area contributed by atoms with E-state index in [1.165, 1.54) is 33.5 Å². The van der Waals surface area contributed by atoms with Crippen LogP contribution in [0, 0.1) is 5.92 Å². The molecule has 7 nitrogen and oxygen atoms in total. The highest BCUT2D eigenvalue weighted by Crippen LogP contribution is 2.32. The zero-order valence-corrected chi connectivity index (χ0v) is 22.4. The molecule has 0 radical (unpaired) electrons. The molecular formula is C29H35N5O2S. The molecule has 2 atom stereocenters. The molecule has 1 aliphatic rings. The number of fused-ring (bicyclic) bond motifs is 2. The average Bonchev–Trinajstić information content (AvgIpc) is 3.43. The van der Waals surface area contributed by atoms with Crippen molar-refractivity contribution in [3.63, 3.8) is 0 Å². The maximum atomic E-state index is 13.3. The molecule has 1 aliphatic heterocycles. The summed E-state index contributed by atoms with van der Waals surface area (Å²) in [6.45, 7) is 6.58. The van der Waals surface area contributed by atoms with E-state index in [9.17, 15) is 9.59 Å². The van der Waals surface area contributed by atoms with E-state index in [-0.39, 0.29) is 23.7 Å². The summed E-state index contributed by atoms with van der Waals surface area (Å²) in [5.74, 6) is 0.760. The van der Waals surface area contributed by atoms with Gasteiger partial charge in [-0.3, -0.25) is 9.59 Å². The molecule has 2 aromatic heterocycles. The number of piperidine rings is 1. The highest BCUT2D eigenvalue weighted by atomic mass is 32.1. The molecule has 3 N–H and O–H groups in total. The smallest absolute Gasteiger partial charge is 0.222 e. The van der Waals surface area contributed by atoms with Gasteiger partial charge in [0, 0.05) is 56.7 Å². The predicted molar refractivity (Wildman–Crippen MR) is 151 cm³/mol. The van der Waals surface area contributed by atoms with Crippen LogP contribution in [-0.4, -0.2) is 45.9 Å². The van der Waals surface area contributed by atoms with E-state index in [1.807, 2.05) is 6.07 Å². The van der Waals surface area contributed by atoms with Crippen LogP contribution in [0.3, 0.4) is 0 Å². The van der Waals surface area contributed by atoms with Gasteiger partial charge in [0.05, 0.1) is 10.2 Å². The van der Waals surface area contributed by atoms with E-state index in [1.54, 1.807) is 6.92 Å². The van der Waals surface area contributed by atoms with E-state index in [4.69, 9.17) is 5.73 Å². The molecule has 0 saturated carbocycles. The Labute approximate surface area is 221 Å². The number of aromatic nitrogens is 2. The number of para-hydroxylation sites is 1. The second kappa shape index (κ2) is 10.9. The number of carbonyl (C=O) groups is 2. The van der Waals surface area contributed by atoms with Crippen molar-refractivity contribution in [1.82, 2.24) is 19.8 Å².